The number of hydrogen-bond donors (Lipinski definition) is 1. The maximum absolute atomic E-state index is 12.6. The fourth-order valence-electron chi connectivity index (χ4n) is 2.28. The molecule has 0 aliphatic carbocycles. The van der Waals surface area contributed by atoms with Crippen LogP contribution >= 0.6 is 15.9 Å². The molecule has 1 aliphatic rings. The number of nitrogens with zero attached hydrogens (tertiary/aromatic N) is 1. The number of benzene rings is 2. The standard InChI is InChI=1S/C19H15BrN2O/c1-13-2-4-14(5-3-13)6-7-16-12-21-22-18(16)19(23)15-8-10-17(20)11-9-15/h2-5,8-11,16,21H,12H2,1H3. The monoisotopic (exact) mass is 366 g/mol. The lowest BCUT2D eigenvalue weighted by Crippen LogP contribution is -2.22. The van der Waals surface area contributed by atoms with Gasteiger partial charge in [0.05, 0.1) is 12.5 Å². The molecule has 0 fully saturated rings. The van der Waals surface area contributed by atoms with E-state index in [1.165, 1.54) is 5.56 Å². The van der Waals surface area contributed by atoms with Gasteiger partial charge in [0.15, 0.2) is 0 Å². The summed E-state index contributed by atoms with van der Waals surface area (Å²) in [5, 5.41) is 4.15. The van der Waals surface area contributed by atoms with Crippen molar-refractivity contribution in [3.8, 4) is 11.8 Å². The average molecular weight is 367 g/mol. The molecule has 1 aliphatic heterocycles. The molecule has 0 saturated carbocycles. The number of hydrogen-bond acceptors (Lipinski definition) is 3. The smallest absolute Gasteiger partial charge is 0.210 e. The largest absolute Gasteiger partial charge is 0.308 e. The molecule has 1 atom stereocenters. The van der Waals surface area contributed by atoms with Crippen LogP contribution in [0.25, 0.3) is 0 Å². The average Bonchev–Trinajstić information content (AvgIpc) is 3.03. The predicted molar refractivity (Wildman–Crippen MR) is 95.5 cm³/mol. The Morgan fingerprint density at radius 1 is 1.17 bits per heavy atom. The van der Waals surface area contributed by atoms with Crippen molar-refractivity contribution in [2.45, 2.75) is 6.92 Å². The molecule has 1 N–H and O–H groups in total. The minimum absolute atomic E-state index is 0.0780. The summed E-state index contributed by atoms with van der Waals surface area (Å²) in [6.45, 7) is 2.61. The zero-order valence-corrected chi connectivity index (χ0v) is 14.2. The van der Waals surface area contributed by atoms with E-state index in [0.29, 0.717) is 17.8 Å². The van der Waals surface area contributed by atoms with Gasteiger partial charge in [-0.2, -0.15) is 5.10 Å². The van der Waals surface area contributed by atoms with Crippen molar-refractivity contribution >= 4 is 27.4 Å². The summed E-state index contributed by atoms with van der Waals surface area (Å²) in [5.74, 6) is 6.02. The highest BCUT2D eigenvalue weighted by molar-refractivity contribution is 9.10. The van der Waals surface area contributed by atoms with E-state index in [1.807, 2.05) is 43.3 Å². The SMILES string of the molecule is Cc1ccc(C#CC2CNN=C2C(=O)c2ccc(Br)cc2)cc1. The van der Waals surface area contributed by atoms with E-state index < -0.39 is 0 Å². The lowest BCUT2D eigenvalue weighted by Gasteiger charge is -2.04. The summed E-state index contributed by atoms with van der Waals surface area (Å²) in [6, 6.07) is 15.3. The molecule has 3 rings (SSSR count). The Morgan fingerprint density at radius 3 is 2.57 bits per heavy atom. The number of Topliss-reactive ketones (excluding diaryl/α,β-unsaturated/α-hetero) is 1. The summed E-state index contributed by atoms with van der Waals surface area (Å²) < 4.78 is 0.941. The third-order valence-electron chi connectivity index (χ3n) is 3.61. The quantitative estimate of drug-likeness (QED) is 0.651. The van der Waals surface area contributed by atoms with Crippen LogP contribution in [0.5, 0.6) is 0 Å². The highest BCUT2D eigenvalue weighted by Crippen LogP contribution is 2.15. The van der Waals surface area contributed by atoms with E-state index in [0.717, 1.165) is 10.0 Å². The van der Waals surface area contributed by atoms with Crippen molar-refractivity contribution in [3.05, 3.63) is 69.7 Å². The third-order valence-corrected chi connectivity index (χ3v) is 4.14. The normalized spacial score (nSPS) is 16.1. The molecule has 0 bridgehead atoms. The van der Waals surface area contributed by atoms with Gasteiger partial charge in [-0.3, -0.25) is 4.79 Å². The van der Waals surface area contributed by atoms with E-state index in [-0.39, 0.29) is 11.7 Å². The Labute approximate surface area is 143 Å². The molecule has 1 unspecified atom stereocenters. The molecule has 2 aromatic carbocycles. The predicted octanol–water partition coefficient (Wildman–Crippen LogP) is 3.57. The van der Waals surface area contributed by atoms with Crippen molar-refractivity contribution in [2.75, 3.05) is 6.54 Å². The number of rotatable bonds is 2. The van der Waals surface area contributed by atoms with Crippen LogP contribution in [0.2, 0.25) is 0 Å². The van der Waals surface area contributed by atoms with Crippen LogP contribution in [0.1, 0.15) is 21.5 Å². The van der Waals surface area contributed by atoms with E-state index in [9.17, 15) is 4.79 Å². The minimum atomic E-state index is -0.188. The first-order valence-electron chi connectivity index (χ1n) is 7.32. The maximum Gasteiger partial charge on any atom is 0.210 e. The number of carbonyl (C=O) groups is 1. The second kappa shape index (κ2) is 6.80. The van der Waals surface area contributed by atoms with Crippen LogP contribution in [-0.2, 0) is 0 Å². The van der Waals surface area contributed by atoms with Crippen LogP contribution in [0, 0.1) is 24.7 Å². The minimum Gasteiger partial charge on any atom is -0.308 e. The van der Waals surface area contributed by atoms with Crippen molar-refractivity contribution in [3.63, 3.8) is 0 Å². The van der Waals surface area contributed by atoms with Gasteiger partial charge in [0.25, 0.3) is 0 Å². The Hall–Kier alpha value is -2.38. The first-order chi connectivity index (χ1) is 11.1. The van der Waals surface area contributed by atoms with Crippen LogP contribution in [-0.4, -0.2) is 18.0 Å². The number of ketones is 1. The van der Waals surface area contributed by atoms with Gasteiger partial charge in [0, 0.05) is 15.6 Å². The van der Waals surface area contributed by atoms with Gasteiger partial charge in [-0.1, -0.05) is 45.5 Å². The van der Waals surface area contributed by atoms with Crippen molar-refractivity contribution < 1.29 is 4.79 Å². The Balaban J connectivity index is 1.79. The van der Waals surface area contributed by atoms with Crippen molar-refractivity contribution in [1.29, 1.82) is 0 Å². The lowest BCUT2D eigenvalue weighted by atomic mass is 9.96. The Morgan fingerprint density at radius 2 is 1.87 bits per heavy atom. The van der Waals surface area contributed by atoms with Crippen molar-refractivity contribution in [1.82, 2.24) is 5.43 Å². The number of carbonyl (C=O) groups excluding carboxylic acids is 1. The number of hydrazone groups is 1. The fourth-order valence-corrected chi connectivity index (χ4v) is 2.55. The van der Waals surface area contributed by atoms with Gasteiger partial charge in [-0.15, -0.1) is 0 Å². The van der Waals surface area contributed by atoms with E-state index in [1.54, 1.807) is 12.1 Å². The topological polar surface area (TPSA) is 41.5 Å². The zero-order valence-electron chi connectivity index (χ0n) is 12.6. The fraction of sp³-hybridized carbons (Fsp3) is 0.158. The van der Waals surface area contributed by atoms with Gasteiger partial charge >= 0.3 is 0 Å². The molecule has 1 heterocycles. The van der Waals surface area contributed by atoms with Crippen molar-refractivity contribution in [2.24, 2.45) is 11.0 Å². The van der Waals surface area contributed by atoms with E-state index >= 15 is 0 Å². The van der Waals surface area contributed by atoms with Crippen LogP contribution < -0.4 is 5.43 Å². The first kappa shape index (κ1) is 15.5. The molecular formula is C19H15BrN2O. The Kier molecular flexibility index (Phi) is 4.59. The highest BCUT2D eigenvalue weighted by Gasteiger charge is 2.26. The molecule has 4 heteroatoms. The number of aryl methyl sites for hydroxylation is 1. The van der Waals surface area contributed by atoms with E-state index in [2.05, 4.69) is 38.3 Å². The molecule has 0 saturated heterocycles. The molecular weight excluding hydrogens is 352 g/mol. The molecule has 3 nitrogen and oxygen atoms in total. The molecule has 2 aromatic rings. The van der Waals surface area contributed by atoms with Gasteiger partial charge in [0.2, 0.25) is 5.78 Å². The Bertz CT molecular complexity index is 811. The van der Waals surface area contributed by atoms with Crippen LogP contribution in [0.3, 0.4) is 0 Å². The van der Waals surface area contributed by atoms with Crippen LogP contribution in [0.4, 0.5) is 0 Å². The van der Waals surface area contributed by atoms with E-state index in [4.69, 9.17) is 0 Å². The zero-order chi connectivity index (χ0) is 16.2. The highest BCUT2D eigenvalue weighted by atomic mass is 79.9. The van der Waals surface area contributed by atoms with Gasteiger partial charge < -0.3 is 5.43 Å². The first-order valence-corrected chi connectivity index (χ1v) is 8.12. The molecule has 0 aromatic heterocycles. The molecule has 23 heavy (non-hydrogen) atoms. The number of halogens is 1. The third kappa shape index (κ3) is 3.69. The summed E-state index contributed by atoms with van der Waals surface area (Å²) in [7, 11) is 0. The molecule has 0 radical (unpaired) electrons. The van der Waals surface area contributed by atoms with Gasteiger partial charge in [0.1, 0.15) is 5.71 Å². The lowest BCUT2D eigenvalue weighted by molar-refractivity contribution is 0.106. The molecule has 0 amide bonds. The summed E-state index contributed by atoms with van der Waals surface area (Å²) in [6.07, 6.45) is 0. The second-order valence-corrected chi connectivity index (χ2v) is 6.30. The second-order valence-electron chi connectivity index (χ2n) is 5.38. The van der Waals surface area contributed by atoms with Crippen LogP contribution in [0.15, 0.2) is 58.1 Å². The van der Waals surface area contributed by atoms with Gasteiger partial charge in [-0.25, -0.2) is 0 Å². The summed E-state index contributed by atoms with van der Waals surface area (Å²) in [5.41, 5.74) is 6.13. The summed E-state index contributed by atoms with van der Waals surface area (Å²) >= 11 is 3.37. The molecule has 0 spiro atoms. The maximum atomic E-state index is 12.6. The van der Waals surface area contributed by atoms with Gasteiger partial charge in [-0.05, 0) is 43.3 Å². The molecule has 114 valence electrons. The summed E-state index contributed by atoms with van der Waals surface area (Å²) in [4.78, 5) is 12.6. The number of nitrogens with one attached hydrogen (secondary N) is 1.